The fourth-order valence-electron chi connectivity index (χ4n) is 1.10. The van der Waals surface area contributed by atoms with Crippen LogP contribution in [0.1, 0.15) is 30.8 Å². The molecule has 0 radical (unpaired) electrons. The minimum absolute atomic E-state index is 0.728. The van der Waals surface area contributed by atoms with Crippen LogP contribution < -0.4 is 5.73 Å². The smallest absolute Gasteiger partial charge is 0.147 e. The SMILES string of the molecule is Cc1ncc(CCCCCN)nn1. The van der Waals surface area contributed by atoms with Gasteiger partial charge in [-0.3, -0.25) is 0 Å². The first-order chi connectivity index (χ1) is 6.33. The van der Waals surface area contributed by atoms with Gasteiger partial charge in [0, 0.05) is 0 Å². The second-order valence-corrected chi connectivity index (χ2v) is 3.10. The summed E-state index contributed by atoms with van der Waals surface area (Å²) in [5, 5.41) is 7.92. The molecule has 72 valence electrons. The summed E-state index contributed by atoms with van der Waals surface area (Å²) in [7, 11) is 0. The zero-order valence-corrected chi connectivity index (χ0v) is 8.03. The van der Waals surface area contributed by atoms with Crippen LogP contribution in [-0.2, 0) is 6.42 Å². The van der Waals surface area contributed by atoms with Crippen LogP contribution in [0.2, 0.25) is 0 Å². The highest BCUT2D eigenvalue weighted by Gasteiger charge is 1.95. The van der Waals surface area contributed by atoms with E-state index in [1.807, 2.05) is 6.92 Å². The quantitative estimate of drug-likeness (QED) is 0.682. The third kappa shape index (κ3) is 3.94. The van der Waals surface area contributed by atoms with E-state index in [-0.39, 0.29) is 0 Å². The summed E-state index contributed by atoms with van der Waals surface area (Å²) in [4.78, 5) is 4.08. The minimum atomic E-state index is 0.728. The predicted octanol–water partition coefficient (Wildman–Crippen LogP) is 0.852. The van der Waals surface area contributed by atoms with E-state index in [4.69, 9.17) is 5.73 Å². The molecule has 1 aromatic rings. The third-order valence-electron chi connectivity index (χ3n) is 1.86. The maximum atomic E-state index is 5.39. The van der Waals surface area contributed by atoms with Gasteiger partial charge in [-0.05, 0) is 32.7 Å². The van der Waals surface area contributed by atoms with Gasteiger partial charge >= 0.3 is 0 Å². The lowest BCUT2D eigenvalue weighted by atomic mass is 10.1. The molecule has 0 spiro atoms. The molecule has 0 atom stereocenters. The minimum Gasteiger partial charge on any atom is -0.330 e. The van der Waals surface area contributed by atoms with E-state index < -0.39 is 0 Å². The molecule has 4 heteroatoms. The van der Waals surface area contributed by atoms with Crippen LogP contribution in [0.4, 0.5) is 0 Å². The molecule has 0 saturated heterocycles. The van der Waals surface area contributed by atoms with E-state index in [1.165, 1.54) is 0 Å². The summed E-state index contributed by atoms with van der Waals surface area (Å²) in [6.07, 6.45) is 6.13. The first kappa shape index (κ1) is 10.1. The number of nitrogens with two attached hydrogens (primary N) is 1. The van der Waals surface area contributed by atoms with Crippen LogP contribution >= 0.6 is 0 Å². The molecule has 1 aromatic heterocycles. The largest absolute Gasteiger partial charge is 0.330 e. The van der Waals surface area contributed by atoms with Crippen molar-refractivity contribution in [2.24, 2.45) is 5.73 Å². The van der Waals surface area contributed by atoms with Gasteiger partial charge in [-0.2, -0.15) is 5.10 Å². The Bertz CT molecular complexity index is 232. The van der Waals surface area contributed by atoms with Gasteiger partial charge in [0.1, 0.15) is 5.82 Å². The number of nitrogens with zero attached hydrogens (tertiary/aromatic N) is 3. The van der Waals surface area contributed by atoms with Crippen molar-refractivity contribution in [2.75, 3.05) is 6.54 Å². The molecule has 0 aliphatic carbocycles. The average molecular weight is 180 g/mol. The molecule has 0 aliphatic rings. The topological polar surface area (TPSA) is 64.7 Å². The Hall–Kier alpha value is -1.03. The van der Waals surface area contributed by atoms with Crippen molar-refractivity contribution in [3.05, 3.63) is 17.7 Å². The Labute approximate surface area is 78.6 Å². The lowest BCUT2D eigenvalue weighted by Crippen LogP contribution is -2.00. The maximum absolute atomic E-state index is 5.39. The summed E-state index contributed by atoms with van der Waals surface area (Å²) >= 11 is 0. The van der Waals surface area contributed by atoms with Gasteiger partial charge in [0.2, 0.25) is 0 Å². The predicted molar refractivity (Wildman–Crippen MR) is 51.2 cm³/mol. The summed E-state index contributed by atoms with van der Waals surface area (Å²) in [6, 6.07) is 0. The lowest BCUT2D eigenvalue weighted by molar-refractivity contribution is 0.668. The number of hydrogen-bond acceptors (Lipinski definition) is 4. The van der Waals surface area contributed by atoms with E-state index in [9.17, 15) is 0 Å². The van der Waals surface area contributed by atoms with Gasteiger partial charge in [0.15, 0.2) is 0 Å². The highest BCUT2D eigenvalue weighted by Crippen LogP contribution is 2.01. The number of aromatic nitrogens is 3. The van der Waals surface area contributed by atoms with Crippen LogP contribution in [-0.4, -0.2) is 21.7 Å². The van der Waals surface area contributed by atoms with Crippen molar-refractivity contribution in [1.82, 2.24) is 15.2 Å². The molecule has 1 heterocycles. The van der Waals surface area contributed by atoms with Crippen molar-refractivity contribution in [3.63, 3.8) is 0 Å². The van der Waals surface area contributed by atoms with Gasteiger partial charge < -0.3 is 5.73 Å². The number of unbranched alkanes of at least 4 members (excludes halogenated alkanes) is 2. The van der Waals surface area contributed by atoms with Crippen LogP contribution in [0, 0.1) is 6.92 Å². The summed E-state index contributed by atoms with van der Waals surface area (Å²) in [6.45, 7) is 2.61. The standard InChI is InChI=1S/C9H16N4/c1-8-11-7-9(13-12-8)5-3-2-4-6-10/h7H,2-6,10H2,1H3. The molecule has 1 rings (SSSR count). The molecule has 0 aliphatic heterocycles. The molecule has 4 nitrogen and oxygen atoms in total. The maximum Gasteiger partial charge on any atom is 0.147 e. The average Bonchev–Trinajstić information content (AvgIpc) is 2.15. The fourth-order valence-corrected chi connectivity index (χ4v) is 1.10. The van der Waals surface area contributed by atoms with Crippen molar-refractivity contribution >= 4 is 0 Å². The lowest BCUT2D eigenvalue weighted by Gasteiger charge is -1.98. The second kappa shape index (κ2) is 5.59. The number of hydrogen-bond donors (Lipinski definition) is 1. The Morgan fingerprint density at radius 1 is 1.23 bits per heavy atom. The van der Waals surface area contributed by atoms with E-state index in [0.29, 0.717) is 0 Å². The number of rotatable bonds is 5. The van der Waals surface area contributed by atoms with Crippen LogP contribution in [0.25, 0.3) is 0 Å². The molecule has 0 fully saturated rings. The normalized spacial score (nSPS) is 10.3. The summed E-state index contributed by atoms with van der Waals surface area (Å²) in [5.41, 5.74) is 6.36. The molecule has 2 N–H and O–H groups in total. The van der Waals surface area contributed by atoms with Crippen LogP contribution in [0.3, 0.4) is 0 Å². The van der Waals surface area contributed by atoms with Crippen molar-refractivity contribution in [3.8, 4) is 0 Å². The van der Waals surface area contributed by atoms with Crippen molar-refractivity contribution < 1.29 is 0 Å². The Morgan fingerprint density at radius 3 is 2.69 bits per heavy atom. The Balaban J connectivity index is 2.25. The second-order valence-electron chi connectivity index (χ2n) is 3.10. The molecular formula is C9H16N4. The van der Waals surface area contributed by atoms with E-state index >= 15 is 0 Å². The molecule has 0 bridgehead atoms. The molecule has 0 amide bonds. The van der Waals surface area contributed by atoms with Crippen molar-refractivity contribution in [2.45, 2.75) is 32.6 Å². The molecule has 0 saturated carbocycles. The van der Waals surface area contributed by atoms with Gasteiger partial charge in [-0.1, -0.05) is 6.42 Å². The highest BCUT2D eigenvalue weighted by molar-refractivity contribution is 4.93. The monoisotopic (exact) mass is 180 g/mol. The summed E-state index contributed by atoms with van der Waals surface area (Å²) in [5.74, 6) is 0.728. The van der Waals surface area contributed by atoms with E-state index in [1.54, 1.807) is 6.20 Å². The van der Waals surface area contributed by atoms with Crippen LogP contribution in [0.15, 0.2) is 6.20 Å². The summed E-state index contributed by atoms with van der Waals surface area (Å²) < 4.78 is 0. The third-order valence-corrected chi connectivity index (χ3v) is 1.86. The first-order valence-corrected chi connectivity index (χ1v) is 4.68. The van der Waals surface area contributed by atoms with Crippen LogP contribution in [0.5, 0.6) is 0 Å². The zero-order chi connectivity index (χ0) is 9.52. The molecule has 13 heavy (non-hydrogen) atoms. The molecule has 0 unspecified atom stereocenters. The molecule has 0 aromatic carbocycles. The number of aryl methyl sites for hydroxylation is 2. The van der Waals surface area contributed by atoms with E-state index in [2.05, 4.69) is 15.2 Å². The van der Waals surface area contributed by atoms with Gasteiger partial charge in [0.05, 0.1) is 11.9 Å². The Kier molecular flexibility index (Phi) is 4.32. The fraction of sp³-hybridized carbons (Fsp3) is 0.667. The Morgan fingerprint density at radius 2 is 2.08 bits per heavy atom. The van der Waals surface area contributed by atoms with Gasteiger partial charge in [-0.25, -0.2) is 4.98 Å². The molecular weight excluding hydrogens is 164 g/mol. The highest BCUT2D eigenvalue weighted by atomic mass is 15.1. The zero-order valence-electron chi connectivity index (χ0n) is 8.03. The van der Waals surface area contributed by atoms with Gasteiger partial charge in [-0.15, -0.1) is 5.10 Å². The first-order valence-electron chi connectivity index (χ1n) is 4.68. The van der Waals surface area contributed by atoms with E-state index in [0.717, 1.165) is 43.7 Å². The van der Waals surface area contributed by atoms with Gasteiger partial charge in [0.25, 0.3) is 0 Å². The van der Waals surface area contributed by atoms with Crippen molar-refractivity contribution in [1.29, 1.82) is 0 Å².